The van der Waals surface area contributed by atoms with E-state index in [9.17, 15) is 9.50 Å². The van der Waals surface area contributed by atoms with E-state index >= 15 is 0 Å². The molecule has 0 bridgehead atoms. The van der Waals surface area contributed by atoms with E-state index < -0.39 is 6.10 Å². The highest BCUT2D eigenvalue weighted by Crippen LogP contribution is 2.45. The summed E-state index contributed by atoms with van der Waals surface area (Å²) in [5.41, 5.74) is 2.42. The summed E-state index contributed by atoms with van der Waals surface area (Å²) in [7, 11) is 0. The summed E-state index contributed by atoms with van der Waals surface area (Å²) in [5.74, 6) is -0.314. The Hall–Kier alpha value is -1.38. The molecule has 0 aliphatic heterocycles. The van der Waals surface area contributed by atoms with Crippen LogP contribution in [-0.2, 0) is 0 Å². The van der Waals surface area contributed by atoms with Gasteiger partial charge in [0.05, 0.1) is 6.10 Å². The molecule has 1 nitrogen and oxygen atoms in total. The average molecular weight is 263 g/mol. The van der Waals surface area contributed by atoms with E-state index in [1.165, 1.54) is 6.07 Å². The van der Waals surface area contributed by atoms with Crippen molar-refractivity contribution in [3.05, 3.63) is 70.0 Å². The number of aliphatic hydroxyl groups is 1. The molecule has 0 fully saturated rings. The molecule has 0 unspecified atom stereocenters. The molecule has 0 amide bonds. The van der Waals surface area contributed by atoms with Gasteiger partial charge >= 0.3 is 0 Å². The van der Waals surface area contributed by atoms with Crippen LogP contribution in [0.15, 0.2) is 42.5 Å². The summed E-state index contributed by atoms with van der Waals surface area (Å²) in [6.07, 6.45) is -0.0559. The quantitative estimate of drug-likeness (QED) is 0.822. The molecule has 3 rings (SSSR count). The Morgan fingerprint density at radius 2 is 1.83 bits per heavy atom. The van der Waals surface area contributed by atoms with Crippen molar-refractivity contribution in [2.75, 3.05) is 0 Å². The molecule has 1 aliphatic rings. The van der Waals surface area contributed by atoms with Crippen molar-refractivity contribution >= 4 is 11.6 Å². The van der Waals surface area contributed by atoms with Crippen molar-refractivity contribution in [1.29, 1.82) is 0 Å². The maximum Gasteiger partial charge on any atom is 0.127 e. The predicted molar refractivity (Wildman–Crippen MR) is 69.3 cm³/mol. The van der Waals surface area contributed by atoms with Crippen LogP contribution in [-0.4, -0.2) is 5.11 Å². The van der Waals surface area contributed by atoms with Crippen molar-refractivity contribution in [3.63, 3.8) is 0 Å². The van der Waals surface area contributed by atoms with E-state index in [0.717, 1.165) is 11.1 Å². The molecule has 0 saturated carbocycles. The lowest BCUT2D eigenvalue weighted by Gasteiger charge is -2.12. The monoisotopic (exact) mass is 262 g/mol. The fourth-order valence-corrected chi connectivity index (χ4v) is 2.86. The molecular weight excluding hydrogens is 251 g/mol. The summed E-state index contributed by atoms with van der Waals surface area (Å²) in [5, 5.41) is 10.6. The van der Waals surface area contributed by atoms with E-state index in [-0.39, 0.29) is 11.7 Å². The normalized spacial score (nSPS) is 21.9. The van der Waals surface area contributed by atoms with Crippen molar-refractivity contribution in [3.8, 4) is 0 Å². The standard InChI is InChI=1S/C15H12ClFO/c16-9-5-6-10-12(8-15(18)13(10)7-9)11-3-1-2-4-14(11)17/h1-7,12,15,18H,8H2/t12-,15+/m0/s1. The molecule has 0 spiro atoms. The van der Waals surface area contributed by atoms with E-state index in [0.29, 0.717) is 17.0 Å². The summed E-state index contributed by atoms with van der Waals surface area (Å²) in [4.78, 5) is 0. The Balaban J connectivity index is 2.11. The number of rotatable bonds is 1. The lowest BCUT2D eigenvalue weighted by Crippen LogP contribution is -1.99. The van der Waals surface area contributed by atoms with Gasteiger partial charge in [0.1, 0.15) is 5.82 Å². The molecule has 92 valence electrons. The molecule has 0 saturated heterocycles. The van der Waals surface area contributed by atoms with E-state index in [2.05, 4.69) is 0 Å². The highest BCUT2D eigenvalue weighted by molar-refractivity contribution is 6.30. The van der Waals surface area contributed by atoms with Gasteiger partial charge in [0.15, 0.2) is 0 Å². The van der Waals surface area contributed by atoms with Gasteiger partial charge in [-0.25, -0.2) is 4.39 Å². The molecule has 18 heavy (non-hydrogen) atoms. The molecule has 0 aromatic heterocycles. The maximum absolute atomic E-state index is 13.8. The molecule has 2 aromatic rings. The Bertz CT molecular complexity index is 597. The van der Waals surface area contributed by atoms with Crippen molar-refractivity contribution in [1.82, 2.24) is 0 Å². The lowest BCUT2D eigenvalue weighted by molar-refractivity contribution is 0.176. The highest BCUT2D eigenvalue weighted by atomic mass is 35.5. The van der Waals surface area contributed by atoms with E-state index in [1.807, 2.05) is 12.1 Å². The molecule has 0 radical (unpaired) electrons. The Labute approximate surface area is 110 Å². The van der Waals surface area contributed by atoms with Crippen LogP contribution in [0.2, 0.25) is 5.02 Å². The summed E-state index contributed by atoms with van der Waals surface area (Å²) >= 11 is 5.93. The zero-order valence-corrected chi connectivity index (χ0v) is 10.4. The van der Waals surface area contributed by atoms with Crippen molar-refractivity contribution in [2.24, 2.45) is 0 Å². The Kier molecular flexibility index (Phi) is 2.84. The number of fused-ring (bicyclic) bond motifs is 1. The van der Waals surface area contributed by atoms with Crippen LogP contribution < -0.4 is 0 Å². The van der Waals surface area contributed by atoms with Crippen LogP contribution >= 0.6 is 11.6 Å². The first-order chi connectivity index (χ1) is 8.66. The minimum absolute atomic E-state index is 0.0894. The van der Waals surface area contributed by atoms with Crippen molar-refractivity contribution in [2.45, 2.75) is 18.4 Å². The second-order valence-corrected chi connectivity index (χ2v) is 5.04. The molecule has 0 heterocycles. The first-order valence-electron chi connectivity index (χ1n) is 5.88. The van der Waals surface area contributed by atoms with Gasteiger partial charge in [0, 0.05) is 10.9 Å². The molecule has 2 atom stereocenters. The second-order valence-electron chi connectivity index (χ2n) is 4.60. The fraction of sp³-hybridized carbons (Fsp3) is 0.200. The van der Waals surface area contributed by atoms with Gasteiger partial charge < -0.3 is 5.11 Å². The lowest BCUT2D eigenvalue weighted by atomic mass is 9.93. The second kappa shape index (κ2) is 4.38. The van der Waals surface area contributed by atoms with Crippen LogP contribution in [0.1, 0.15) is 35.1 Å². The van der Waals surface area contributed by atoms with Gasteiger partial charge in [-0.3, -0.25) is 0 Å². The summed E-state index contributed by atoms with van der Waals surface area (Å²) in [6, 6.07) is 12.2. The summed E-state index contributed by atoms with van der Waals surface area (Å²) < 4.78 is 13.8. The van der Waals surface area contributed by atoms with Crippen LogP contribution in [0.3, 0.4) is 0 Å². The third-order valence-electron chi connectivity index (χ3n) is 3.52. The van der Waals surface area contributed by atoms with Gasteiger partial charge in [-0.2, -0.15) is 0 Å². The maximum atomic E-state index is 13.8. The molecule has 3 heteroatoms. The van der Waals surface area contributed by atoms with Crippen LogP contribution in [0, 0.1) is 5.82 Å². The molecule has 1 aliphatic carbocycles. The smallest absolute Gasteiger partial charge is 0.127 e. The zero-order valence-electron chi connectivity index (χ0n) is 9.61. The van der Waals surface area contributed by atoms with Crippen molar-refractivity contribution < 1.29 is 9.50 Å². The van der Waals surface area contributed by atoms with Crippen LogP contribution in [0.25, 0.3) is 0 Å². The predicted octanol–water partition coefficient (Wildman–Crippen LogP) is 4.05. The highest BCUT2D eigenvalue weighted by Gasteiger charge is 2.32. The first-order valence-corrected chi connectivity index (χ1v) is 6.26. The number of benzene rings is 2. The largest absolute Gasteiger partial charge is 0.388 e. The zero-order chi connectivity index (χ0) is 12.7. The van der Waals surface area contributed by atoms with Gasteiger partial charge in [-0.15, -0.1) is 0 Å². The minimum Gasteiger partial charge on any atom is -0.388 e. The van der Waals surface area contributed by atoms with Gasteiger partial charge in [0.2, 0.25) is 0 Å². The molecule has 1 N–H and O–H groups in total. The fourth-order valence-electron chi connectivity index (χ4n) is 2.68. The molecular formula is C15H12ClFO. The number of halogens is 2. The minimum atomic E-state index is -0.566. The summed E-state index contributed by atoms with van der Waals surface area (Å²) in [6.45, 7) is 0. The van der Waals surface area contributed by atoms with Gasteiger partial charge in [-0.05, 0) is 41.3 Å². The Morgan fingerprint density at radius 3 is 2.61 bits per heavy atom. The third kappa shape index (κ3) is 1.82. The van der Waals surface area contributed by atoms with E-state index in [1.54, 1.807) is 24.3 Å². The van der Waals surface area contributed by atoms with Gasteiger partial charge in [0.25, 0.3) is 0 Å². The Morgan fingerprint density at radius 1 is 1.06 bits per heavy atom. The van der Waals surface area contributed by atoms with Crippen LogP contribution in [0.5, 0.6) is 0 Å². The molecule has 2 aromatic carbocycles. The number of aliphatic hydroxyl groups excluding tert-OH is 1. The van der Waals surface area contributed by atoms with Crippen LogP contribution in [0.4, 0.5) is 4.39 Å². The first kappa shape index (κ1) is 11.7. The third-order valence-corrected chi connectivity index (χ3v) is 3.76. The number of hydrogen-bond acceptors (Lipinski definition) is 1. The number of hydrogen-bond donors (Lipinski definition) is 1. The average Bonchev–Trinajstić information content (AvgIpc) is 2.67. The SMILES string of the molecule is O[C@@H]1C[C@H](c2ccccc2F)c2ccc(Cl)cc21. The topological polar surface area (TPSA) is 20.2 Å². The van der Waals surface area contributed by atoms with E-state index in [4.69, 9.17) is 11.6 Å². The van der Waals surface area contributed by atoms with Gasteiger partial charge in [-0.1, -0.05) is 35.9 Å².